The highest BCUT2D eigenvalue weighted by atomic mass is 35.5. The molecule has 2 unspecified atom stereocenters. The molecule has 1 aromatic carbocycles. The predicted molar refractivity (Wildman–Crippen MR) is 127 cm³/mol. The van der Waals surface area contributed by atoms with Gasteiger partial charge < -0.3 is 20.7 Å². The number of anilines is 2. The van der Waals surface area contributed by atoms with E-state index in [1.807, 2.05) is 0 Å². The summed E-state index contributed by atoms with van der Waals surface area (Å²) in [6, 6.07) is 2.41. The van der Waals surface area contributed by atoms with Crippen LogP contribution in [0.2, 0.25) is 5.02 Å². The number of nitrogens with one attached hydrogen (secondary N) is 1. The van der Waals surface area contributed by atoms with Crippen molar-refractivity contribution in [2.24, 2.45) is 0 Å². The van der Waals surface area contributed by atoms with Crippen molar-refractivity contribution >= 4 is 56.7 Å². The van der Waals surface area contributed by atoms with Gasteiger partial charge in [-0.3, -0.25) is 0 Å². The minimum atomic E-state index is -0.672. The van der Waals surface area contributed by atoms with Gasteiger partial charge in [0.05, 0.1) is 22.0 Å². The minimum Gasteiger partial charge on any atom is -0.467 e. The molecule has 3 N–H and O–H groups in total. The Morgan fingerprint density at radius 3 is 2.73 bits per heavy atom. The van der Waals surface area contributed by atoms with Crippen LogP contribution in [-0.4, -0.2) is 47.2 Å². The first-order chi connectivity index (χ1) is 15.9. The highest BCUT2D eigenvalue weighted by Gasteiger charge is 2.34. The summed E-state index contributed by atoms with van der Waals surface area (Å²) in [5.74, 6) is -0.700. The van der Waals surface area contributed by atoms with Crippen molar-refractivity contribution in [3.63, 3.8) is 0 Å². The van der Waals surface area contributed by atoms with Gasteiger partial charge in [-0.25, -0.2) is 13.8 Å². The number of piperazine rings is 1. The second-order valence-corrected chi connectivity index (χ2v) is 9.46. The lowest BCUT2D eigenvalue weighted by molar-refractivity contribution is 0.380. The van der Waals surface area contributed by atoms with E-state index in [9.17, 15) is 4.39 Å². The number of nitrogen functional groups attached to an aromatic ring is 1. The highest BCUT2D eigenvalue weighted by Crippen LogP contribution is 2.35. The molecular weight excluding hydrogens is 470 g/mol. The van der Waals surface area contributed by atoms with E-state index < -0.39 is 11.6 Å². The summed E-state index contributed by atoms with van der Waals surface area (Å²) in [6.45, 7) is 4.92. The van der Waals surface area contributed by atoms with E-state index in [1.165, 1.54) is 13.2 Å². The predicted octanol–water partition coefficient (Wildman–Crippen LogP) is 2.50. The first-order valence-corrected chi connectivity index (χ1v) is 11.6. The molecule has 2 bridgehead atoms. The highest BCUT2D eigenvalue weighted by molar-refractivity contribution is 7.13. The molecule has 172 valence electrons. The number of aromatic nitrogens is 3. The SMILES string of the molecule is C=C/C(F)=c1/sc(N)n/c1=C\c1c(Cl)cc2c(N3CC4CCC(C3)N4)nc(OC)nc2c1F. The van der Waals surface area contributed by atoms with Crippen molar-refractivity contribution in [1.29, 1.82) is 0 Å². The largest absolute Gasteiger partial charge is 0.467 e. The van der Waals surface area contributed by atoms with E-state index in [1.54, 1.807) is 6.07 Å². The standard InChI is InChI=1S/C22H21ClF2N6OS/c1-3-15(24)19-16(28-21(26)33-19)7-12-14(23)6-13-18(17(12)25)29-22(32-2)30-20(13)31-8-10-4-5-11(9-31)27-10/h3,6-7,10-11,27H,1,4-5,8-9H2,2H3,(H2,26,28)/b16-7-,19-15-. The Bertz CT molecular complexity index is 1380. The third kappa shape index (κ3) is 3.92. The molecule has 2 aliphatic heterocycles. The van der Waals surface area contributed by atoms with Crippen LogP contribution in [0.1, 0.15) is 18.4 Å². The van der Waals surface area contributed by atoms with Crippen LogP contribution in [0.25, 0.3) is 22.8 Å². The number of thiazole rings is 1. The number of rotatable bonds is 4. The molecule has 0 amide bonds. The topological polar surface area (TPSA) is 89.2 Å². The van der Waals surface area contributed by atoms with Crippen molar-refractivity contribution in [3.8, 4) is 6.01 Å². The van der Waals surface area contributed by atoms with Crippen LogP contribution in [-0.2, 0) is 0 Å². The summed E-state index contributed by atoms with van der Waals surface area (Å²) < 4.78 is 35.5. The number of hydrogen-bond acceptors (Lipinski definition) is 8. The number of fused-ring (bicyclic) bond motifs is 3. The van der Waals surface area contributed by atoms with Crippen LogP contribution in [0.15, 0.2) is 18.7 Å². The van der Waals surface area contributed by atoms with E-state index in [2.05, 4.69) is 31.7 Å². The van der Waals surface area contributed by atoms with Crippen LogP contribution in [0.5, 0.6) is 6.01 Å². The molecule has 0 aliphatic carbocycles. The smallest absolute Gasteiger partial charge is 0.318 e. The maximum Gasteiger partial charge on any atom is 0.318 e. The van der Waals surface area contributed by atoms with Crippen LogP contribution in [0, 0.1) is 5.82 Å². The zero-order valence-electron chi connectivity index (χ0n) is 17.7. The molecule has 0 radical (unpaired) electrons. The van der Waals surface area contributed by atoms with Gasteiger partial charge in [0.25, 0.3) is 0 Å². The van der Waals surface area contributed by atoms with Gasteiger partial charge in [-0.1, -0.05) is 29.5 Å². The molecule has 0 saturated carbocycles. The van der Waals surface area contributed by atoms with Crippen molar-refractivity contribution in [1.82, 2.24) is 20.3 Å². The second-order valence-electron chi connectivity index (χ2n) is 8.02. The Balaban J connectivity index is 1.72. The third-order valence-electron chi connectivity index (χ3n) is 5.92. The average Bonchev–Trinajstić information content (AvgIpc) is 3.35. The van der Waals surface area contributed by atoms with Gasteiger partial charge in [-0.05, 0) is 31.1 Å². The Morgan fingerprint density at radius 1 is 1.33 bits per heavy atom. The Labute approximate surface area is 197 Å². The minimum absolute atomic E-state index is 0.0275. The molecule has 3 aromatic rings. The number of nitrogens with two attached hydrogens (primary N) is 1. The zero-order valence-corrected chi connectivity index (χ0v) is 19.3. The van der Waals surface area contributed by atoms with E-state index in [-0.39, 0.29) is 37.1 Å². The molecule has 2 aromatic heterocycles. The normalized spacial score (nSPS) is 21.6. The quantitative estimate of drug-likeness (QED) is 0.581. The molecule has 2 atom stereocenters. The average molecular weight is 491 g/mol. The summed E-state index contributed by atoms with van der Waals surface area (Å²) in [4.78, 5) is 15.0. The molecule has 2 saturated heterocycles. The first-order valence-electron chi connectivity index (χ1n) is 10.4. The maximum atomic E-state index is 15.8. The number of allylic oxidation sites excluding steroid dienone is 1. The van der Waals surface area contributed by atoms with Crippen LogP contribution >= 0.6 is 22.9 Å². The van der Waals surface area contributed by atoms with E-state index in [0.717, 1.165) is 43.3 Å². The van der Waals surface area contributed by atoms with Crippen LogP contribution in [0.4, 0.5) is 19.7 Å². The number of hydrogen-bond donors (Lipinski definition) is 2. The van der Waals surface area contributed by atoms with Crippen molar-refractivity contribution in [2.75, 3.05) is 30.8 Å². The summed E-state index contributed by atoms with van der Waals surface area (Å²) >= 11 is 7.46. The molecule has 2 fully saturated rings. The molecule has 0 spiro atoms. The molecule has 2 aliphatic rings. The number of ether oxygens (including phenoxy) is 1. The number of nitrogens with zero attached hydrogens (tertiary/aromatic N) is 4. The number of halogens is 3. The molecule has 5 rings (SSSR count). The van der Waals surface area contributed by atoms with E-state index in [4.69, 9.17) is 22.1 Å². The third-order valence-corrected chi connectivity index (χ3v) is 7.14. The fourth-order valence-corrected chi connectivity index (χ4v) is 5.45. The summed E-state index contributed by atoms with van der Waals surface area (Å²) in [5.41, 5.74) is 5.85. The Morgan fingerprint density at radius 2 is 2.06 bits per heavy atom. The van der Waals surface area contributed by atoms with Gasteiger partial charge in [0.1, 0.15) is 17.2 Å². The molecule has 33 heavy (non-hydrogen) atoms. The second kappa shape index (κ2) is 8.51. The molecular formula is C22H21ClF2N6OS. The van der Waals surface area contributed by atoms with Crippen molar-refractivity contribution < 1.29 is 13.5 Å². The lowest BCUT2D eigenvalue weighted by atomic mass is 10.1. The fourth-order valence-electron chi connectivity index (χ4n) is 4.46. The van der Waals surface area contributed by atoms with Gasteiger partial charge in [-0.2, -0.15) is 9.97 Å². The van der Waals surface area contributed by atoms with Crippen LogP contribution < -0.4 is 30.6 Å². The van der Waals surface area contributed by atoms with Crippen LogP contribution in [0.3, 0.4) is 0 Å². The maximum absolute atomic E-state index is 15.8. The lowest BCUT2D eigenvalue weighted by Gasteiger charge is -2.34. The van der Waals surface area contributed by atoms with Gasteiger partial charge >= 0.3 is 6.01 Å². The summed E-state index contributed by atoms with van der Waals surface area (Å²) in [7, 11) is 1.44. The lowest BCUT2D eigenvalue weighted by Crippen LogP contribution is -2.51. The molecule has 7 nitrogen and oxygen atoms in total. The first kappa shape index (κ1) is 22.0. The van der Waals surface area contributed by atoms with E-state index in [0.29, 0.717) is 23.3 Å². The monoisotopic (exact) mass is 490 g/mol. The molecule has 11 heteroatoms. The zero-order chi connectivity index (χ0) is 23.3. The summed E-state index contributed by atoms with van der Waals surface area (Å²) in [6.07, 6.45) is 4.59. The fraction of sp³-hybridized carbons (Fsp3) is 0.318. The summed E-state index contributed by atoms with van der Waals surface area (Å²) in [5, 5.41) is 4.49. The van der Waals surface area contributed by atoms with Gasteiger partial charge in [-0.15, -0.1) is 0 Å². The van der Waals surface area contributed by atoms with Crippen molar-refractivity contribution in [3.05, 3.63) is 45.0 Å². The molecule has 4 heterocycles. The van der Waals surface area contributed by atoms with Gasteiger partial charge in [0.15, 0.2) is 10.9 Å². The van der Waals surface area contributed by atoms with Gasteiger partial charge in [0.2, 0.25) is 0 Å². The van der Waals surface area contributed by atoms with E-state index >= 15 is 4.39 Å². The number of benzene rings is 1. The van der Waals surface area contributed by atoms with Gasteiger partial charge in [0, 0.05) is 36.1 Å². The number of methoxy groups -OCH3 is 1. The Kier molecular flexibility index (Phi) is 5.67. The van der Waals surface area contributed by atoms with Crippen molar-refractivity contribution in [2.45, 2.75) is 24.9 Å². The Hall–Kier alpha value is -2.82.